The molecule has 0 atom stereocenters. The van der Waals surface area contributed by atoms with Gasteiger partial charge in [-0.1, -0.05) is 11.3 Å². The van der Waals surface area contributed by atoms with Crippen molar-refractivity contribution in [2.24, 2.45) is 0 Å². The number of carboxylic acid groups (broad SMARTS) is 1. The van der Waals surface area contributed by atoms with Gasteiger partial charge in [-0.15, -0.1) is 16.4 Å². The number of aromatic nitrogens is 4. The molecule has 0 fully saturated rings. The fraction of sp³-hybridized carbons (Fsp3) is 0.167. The van der Waals surface area contributed by atoms with Gasteiger partial charge in [-0.25, -0.2) is 14.5 Å². The Morgan fingerprint density at radius 2 is 2.40 bits per heavy atom. The molecule has 3 heterocycles. The van der Waals surface area contributed by atoms with E-state index in [4.69, 9.17) is 4.42 Å². The van der Waals surface area contributed by atoms with Gasteiger partial charge in [0.1, 0.15) is 17.1 Å². The number of aryl methyl sites for hydroxylation is 1. The first-order valence-corrected chi connectivity index (χ1v) is 6.64. The minimum absolute atomic E-state index is 0.0615. The Balaban J connectivity index is 2.08. The predicted molar refractivity (Wildman–Crippen MR) is 70.6 cm³/mol. The SMILES string of the molecule is Cc1ocnc1Cn1nnc(C(=O)O)c1-c1cccs1. The van der Waals surface area contributed by atoms with Gasteiger partial charge in [-0.2, -0.15) is 0 Å². The number of carboxylic acids is 1. The molecule has 20 heavy (non-hydrogen) atoms. The highest BCUT2D eigenvalue weighted by Crippen LogP contribution is 2.27. The van der Waals surface area contributed by atoms with E-state index in [1.807, 2.05) is 17.5 Å². The molecule has 3 aromatic heterocycles. The molecule has 0 aliphatic rings. The van der Waals surface area contributed by atoms with Crippen molar-refractivity contribution in [1.82, 2.24) is 20.0 Å². The number of rotatable bonds is 4. The summed E-state index contributed by atoms with van der Waals surface area (Å²) >= 11 is 1.44. The lowest BCUT2D eigenvalue weighted by Gasteiger charge is -2.03. The Bertz CT molecular complexity index is 745. The number of hydrogen-bond donors (Lipinski definition) is 1. The van der Waals surface area contributed by atoms with Crippen LogP contribution < -0.4 is 0 Å². The van der Waals surface area contributed by atoms with Gasteiger partial charge in [0, 0.05) is 0 Å². The second kappa shape index (κ2) is 4.89. The highest BCUT2D eigenvalue weighted by Gasteiger charge is 2.22. The summed E-state index contributed by atoms with van der Waals surface area (Å²) in [5.41, 5.74) is 1.12. The average molecular weight is 290 g/mol. The normalized spacial score (nSPS) is 10.8. The fourth-order valence-corrected chi connectivity index (χ4v) is 2.62. The summed E-state index contributed by atoms with van der Waals surface area (Å²) in [5, 5.41) is 18.8. The van der Waals surface area contributed by atoms with E-state index in [2.05, 4.69) is 15.3 Å². The lowest BCUT2D eigenvalue weighted by atomic mass is 10.2. The van der Waals surface area contributed by atoms with E-state index in [0.717, 1.165) is 4.88 Å². The van der Waals surface area contributed by atoms with Gasteiger partial charge in [-0.05, 0) is 18.4 Å². The quantitative estimate of drug-likeness (QED) is 0.790. The van der Waals surface area contributed by atoms with Crippen molar-refractivity contribution in [3.8, 4) is 10.6 Å². The Kier molecular flexibility index (Phi) is 3.07. The highest BCUT2D eigenvalue weighted by atomic mass is 32.1. The maximum Gasteiger partial charge on any atom is 0.358 e. The third kappa shape index (κ3) is 2.10. The molecule has 102 valence electrons. The lowest BCUT2D eigenvalue weighted by Crippen LogP contribution is -2.06. The van der Waals surface area contributed by atoms with Crippen molar-refractivity contribution < 1.29 is 14.3 Å². The van der Waals surface area contributed by atoms with E-state index >= 15 is 0 Å². The topological polar surface area (TPSA) is 94.0 Å². The van der Waals surface area contributed by atoms with Crippen LogP contribution in [0.4, 0.5) is 0 Å². The summed E-state index contributed by atoms with van der Waals surface area (Å²) in [6.07, 6.45) is 1.35. The third-order valence-corrected chi connectivity index (χ3v) is 3.71. The first-order chi connectivity index (χ1) is 9.66. The minimum Gasteiger partial charge on any atom is -0.476 e. The Hall–Kier alpha value is -2.48. The van der Waals surface area contributed by atoms with Gasteiger partial charge < -0.3 is 9.52 Å². The zero-order valence-electron chi connectivity index (χ0n) is 10.5. The lowest BCUT2D eigenvalue weighted by molar-refractivity contribution is 0.0691. The van der Waals surface area contributed by atoms with Gasteiger partial charge in [0.15, 0.2) is 12.1 Å². The number of oxazole rings is 1. The molecule has 3 rings (SSSR count). The maximum absolute atomic E-state index is 11.3. The van der Waals surface area contributed by atoms with Crippen molar-refractivity contribution in [3.05, 3.63) is 41.1 Å². The molecular formula is C12H10N4O3S. The molecular weight excluding hydrogens is 280 g/mol. The molecule has 0 saturated heterocycles. The molecule has 0 aliphatic carbocycles. The van der Waals surface area contributed by atoms with E-state index in [9.17, 15) is 9.90 Å². The Morgan fingerprint density at radius 3 is 3.00 bits per heavy atom. The van der Waals surface area contributed by atoms with Crippen LogP contribution in [0.2, 0.25) is 0 Å². The molecule has 0 unspecified atom stereocenters. The van der Waals surface area contributed by atoms with Crippen molar-refractivity contribution >= 4 is 17.3 Å². The van der Waals surface area contributed by atoms with Crippen LogP contribution in [-0.4, -0.2) is 31.1 Å². The van der Waals surface area contributed by atoms with Crippen LogP contribution in [-0.2, 0) is 6.54 Å². The Morgan fingerprint density at radius 1 is 1.55 bits per heavy atom. The second-order valence-electron chi connectivity index (χ2n) is 4.08. The van der Waals surface area contributed by atoms with Gasteiger partial charge in [-0.3, -0.25) is 0 Å². The first-order valence-electron chi connectivity index (χ1n) is 5.76. The smallest absolute Gasteiger partial charge is 0.358 e. The molecule has 7 nitrogen and oxygen atoms in total. The fourth-order valence-electron chi connectivity index (χ4n) is 1.85. The van der Waals surface area contributed by atoms with Crippen molar-refractivity contribution in [2.45, 2.75) is 13.5 Å². The summed E-state index contributed by atoms with van der Waals surface area (Å²) < 4.78 is 6.66. The van der Waals surface area contributed by atoms with Gasteiger partial charge in [0.2, 0.25) is 0 Å². The molecule has 0 saturated carbocycles. The molecule has 8 heteroatoms. The predicted octanol–water partition coefficient (Wildman–Crippen LogP) is 2.05. The largest absolute Gasteiger partial charge is 0.476 e. The van der Waals surface area contributed by atoms with Crippen LogP contribution >= 0.6 is 11.3 Å². The van der Waals surface area contributed by atoms with Crippen LogP contribution in [0.25, 0.3) is 10.6 Å². The van der Waals surface area contributed by atoms with Crippen LogP contribution in [0.1, 0.15) is 21.9 Å². The standard InChI is InChI=1S/C12H10N4O3S/c1-7-8(13-6-19-7)5-16-11(9-3-2-4-20-9)10(12(17)18)14-15-16/h2-4,6H,5H2,1H3,(H,17,18). The molecule has 0 aliphatic heterocycles. The van der Waals surface area contributed by atoms with Crippen LogP contribution in [0.15, 0.2) is 28.3 Å². The first kappa shape index (κ1) is 12.5. The molecule has 0 amide bonds. The minimum atomic E-state index is -1.10. The van der Waals surface area contributed by atoms with E-state index < -0.39 is 5.97 Å². The van der Waals surface area contributed by atoms with Gasteiger partial charge >= 0.3 is 5.97 Å². The maximum atomic E-state index is 11.3. The summed E-state index contributed by atoms with van der Waals surface area (Å²) in [7, 11) is 0. The summed E-state index contributed by atoms with van der Waals surface area (Å²) in [5.74, 6) is -0.425. The van der Waals surface area contributed by atoms with Crippen LogP contribution in [0, 0.1) is 6.92 Å². The summed E-state index contributed by atoms with van der Waals surface area (Å²) in [6.45, 7) is 2.11. The number of aromatic carboxylic acids is 1. The number of carbonyl (C=O) groups is 1. The molecule has 0 spiro atoms. The van der Waals surface area contributed by atoms with E-state index in [0.29, 0.717) is 23.7 Å². The second-order valence-corrected chi connectivity index (χ2v) is 5.03. The van der Waals surface area contributed by atoms with E-state index in [-0.39, 0.29) is 5.69 Å². The van der Waals surface area contributed by atoms with E-state index in [1.54, 1.807) is 6.92 Å². The molecule has 0 aromatic carbocycles. The molecule has 0 radical (unpaired) electrons. The van der Waals surface area contributed by atoms with Crippen LogP contribution in [0.3, 0.4) is 0 Å². The van der Waals surface area contributed by atoms with Crippen molar-refractivity contribution in [3.63, 3.8) is 0 Å². The zero-order valence-corrected chi connectivity index (χ0v) is 11.3. The average Bonchev–Trinajstić information content (AvgIpc) is 3.11. The Labute approximate surface area is 117 Å². The highest BCUT2D eigenvalue weighted by molar-refractivity contribution is 7.13. The van der Waals surface area contributed by atoms with Gasteiger partial charge in [0.05, 0.1) is 11.4 Å². The molecule has 1 N–H and O–H groups in total. The van der Waals surface area contributed by atoms with Gasteiger partial charge in [0.25, 0.3) is 0 Å². The van der Waals surface area contributed by atoms with Crippen LogP contribution in [0.5, 0.6) is 0 Å². The number of hydrogen-bond acceptors (Lipinski definition) is 6. The molecule has 0 bridgehead atoms. The third-order valence-electron chi connectivity index (χ3n) is 2.84. The van der Waals surface area contributed by atoms with E-state index in [1.165, 1.54) is 22.4 Å². The zero-order chi connectivity index (χ0) is 14.1. The van der Waals surface area contributed by atoms with Crippen molar-refractivity contribution in [1.29, 1.82) is 0 Å². The number of nitrogens with zero attached hydrogens (tertiary/aromatic N) is 4. The number of thiophene rings is 1. The monoisotopic (exact) mass is 290 g/mol. The molecule has 3 aromatic rings. The van der Waals surface area contributed by atoms with Crippen molar-refractivity contribution in [2.75, 3.05) is 0 Å². The summed E-state index contributed by atoms with van der Waals surface area (Å²) in [6, 6.07) is 3.69. The summed E-state index contributed by atoms with van der Waals surface area (Å²) in [4.78, 5) is 16.1.